The number of fused-ring (bicyclic) bond motifs is 1. The molecule has 0 N–H and O–H groups in total. The first-order valence-corrected chi connectivity index (χ1v) is 11.8. The maximum absolute atomic E-state index is 13.1. The van der Waals surface area contributed by atoms with E-state index in [-0.39, 0.29) is 5.91 Å². The fourth-order valence-electron chi connectivity index (χ4n) is 5.16. The van der Waals surface area contributed by atoms with Gasteiger partial charge in [-0.15, -0.1) is 0 Å². The number of carbonyl (C=O) groups excluding carboxylic acids is 1. The molecule has 0 spiro atoms. The highest BCUT2D eigenvalue weighted by Crippen LogP contribution is 2.33. The van der Waals surface area contributed by atoms with E-state index in [1.54, 1.807) is 0 Å². The van der Waals surface area contributed by atoms with E-state index in [0.717, 1.165) is 50.9 Å². The van der Waals surface area contributed by atoms with Gasteiger partial charge in [0.05, 0.1) is 0 Å². The summed E-state index contributed by atoms with van der Waals surface area (Å²) in [5, 5.41) is 0. The number of rotatable bonds is 5. The van der Waals surface area contributed by atoms with E-state index in [1.165, 1.54) is 16.7 Å². The van der Waals surface area contributed by atoms with Gasteiger partial charge >= 0.3 is 0 Å². The lowest BCUT2D eigenvalue weighted by atomic mass is 9.84. The second-order valence-corrected chi connectivity index (χ2v) is 8.99. The van der Waals surface area contributed by atoms with Crippen molar-refractivity contribution in [1.29, 1.82) is 0 Å². The summed E-state index contributed by atoms with van der Waals surface area (Å²) in [5.74, 6) is 1.14. The maximum Gasteiger partial charge on any atom is 0.272 e. The highest BCUT2D eigenvalue weighted by atomic mass is 16.2. The lowest BCUT2D eigenvalue weighted by Gasteiger charge is -2.32. The third kappa shape index (κ3) is 4.52. The normalized spacial score (nSPS) is 18.4. The highest BCUT2D eigenvalue weighted by Gasteiger charge is 2.25. The van der Waals surface area contributed by atoms with Crippen LogP contribution in [0.1, 0.15) is 70.4 Å². The van der Waals surface area contributed by atoms with Crippen LogP contribution >= 0.6 is 0 Å². The van der Waals surface area contributed by atoms with Crippen LogP contribution in [0.25, 0.3) is 6.08 Å². The van der Waals surface area contributed by atoms with E-state index in [0.29, 0.717) is 17.5 Å². The summed E-state index contributed by atoms with van der Waals surface area (Å²) in [5.41, 5.74) is 5.76. The Morgan fingerprint density at radius 2 is 1.69 bits per heavy atom. The molecule has 1 amide bonds. The second-order valence-electron chi connectivity index (χ2n) is 8.99. The van der Waals surface area contributed by atoms with Gasteiger partial charge in [-0.2, -0.15) is 0 Å². The lowest BCUT2D eigenvalue weighted by Crippen LogP contribution is -2.38. The first-order chi connectivity index (χ1) is 15.8. The monoisotopic (exact) mass is 422 g/mol. The smallest absolute Gasteiger partial charge is 0.272 e. The number of nitrogens with zero attached hydrogens (tertiary/aromatic N) is 2. The van der Waals surface area contributed by atoms with Crippen LogP contribution in [0.5, 0.6) is 0 Å². The molecule has 162 valence electrons. The molecule has 5 rings (SSSR count). The average Bonchev–Trinajstić information content (AvgIpc) is 2.88. The molecule has 2 heterocycles. The molecule has 1 fully saturated rings. The molecule has 2 aromatic carbocycles. The molecular formula is C29H30N2O. The van der Waals surface area contributed by atoms with Crippen LogP contribution in [-0.4, -0.2) is 28.9 Å². The first kappa shape index (κ1) is 20.7. The topological polar surface area (TPSA) is 33.2 Å². The average molecular weight is 423 g/mol. The molecule has 0 bridgehead atoms. The molecule has 3 heteroatoms. The van der Waals surface area contributed by atoms with E-state index < -0.39 is 0 Å². The molecule has 1 saturated heterocycles. The summed E-state index contributed by atoms with van der Waals surface area (Å²) in [4.78, 5) is 19.9. The molecule has 3 aromatic rings. The van der Waals surface area contributed by atoms with E-state index in [9.17, 15) is 4.79 Å². The number of hydrogen-bond donors (Lipinski definition) is 0. The van der Waals surface area contributed by atoms with Gasteiger partial charge in [-0.05, 0) is 72.8 Å². The van der Waals surface area contributed by atoms with E-state index in [2.05, 4.69) is 72.8 Å². The zero-order valence-corrected chi connectivity index (χ0v) is 18.5. The Labute approximate surface area is 190 Å². The molecule has 0 saturated carbocycles. The molecule has 1 unspecified atom stereocenters. The van der Waals surface area contributed by atoms with Gasteiger partial charge in [0.1, 0.15) is 5.69 Å². The van der Waals surface area contributed by atoms with Gasteiger partial charge in [0, 0.05) is 18.8 Å². The summed E-state index contributed by atoms with van der Waals surface area (Å²) < 4.78 is 0. The van der Waals surface area contributed by atoms with Gasteiger partial charge < -0.3 is 4.90 Å². The Kier molecular flexibility index (Phi) is 6.15. The number of hydrogen-bond acceptors (Lipinski definition) is 2. The van der Waals surface area contributed by atoms with E-state index in [1.807, 2.05) is 17.0 Å². The molecule has 1 atom stereocenters. The number of pyridine rings is 1. The zero-order chi connectivity index (χ0) is 21.8. The predicted molar refractivity (Wildman–Crippen MR) is 130 cm³/mol. The number of piperidine rings is 1. The van der Waals surface area contributed by atoms with Crippen LogP contribution in [0.3, 0.4) is 0 Å². The fourth-order valence-corrected chi connectivity index (χ4v) is 5.16. The van der Waals surface area contributed by atoms with Gasteiger partial charge in [-0.1, -0.05) is 72.8 Å². The Hall–Kier alpha value is -3.20. The van der Waals surface area contributed by atoms with E-state index in [4.69, 9.17) is 4.98 Å². The number of likely N-dealkylation sites (tertiary alicyclic amines) is 1. The fraction of sp³-hybridized carbons (Fsp3) is 0.310. The van der Waals surface area contributed by atoms with Gasteiger partial charge in [-0.3, -0.25) is 4.79 Å². The maximum atomic E-state index is 13.1. The van der Waals surface area contributed by atoms with Gasteiger partial charge in [0.25, 0.3) is 5.91 Å². The number of amides is 1. The largest absolute Gasteiger partial charge is 0.337 e. The van der Waals surface area contributed by atoms with Crippen molar-refractivity contribution in [3.05, 3.63) is 107 Å². The molecule has 32 heavy (non-hydrogen) atoms. The van der Waals surface area contributed by atoms with Crippen molar-refractivity contribution >= 4 is 12.0 Å². The van der Waals surface area contributed by atoms with Crippen molar-refractivity contribution < 1.29 is 4.79 Å². The van der Waals surface area contributed by atoms with Crippen LogP contribution in [-0.2, 0) is 6.42 Å². The summed E-state index contributed by atoms with van der Waals surface area (Å²) in [6.45, 7) is 1.60. The Morgan fingerprint density at radius 3 is 2.53 bits per heavy atom. The Bertz CT molecular complexity index is 1100. The second kappa shape index (κ2) is 9.52. The van der Waals surface area contributed by atoms with Crippen LogP contribution in [0.2, 0.25) is 0 Å². The predicted octanol–water partition coefficient (Wildman–Crippen LogP) is 6.23. The molecule has 1 aliphatic heterocycles. The van der Waals surface area contributed by atoms with Crippen LogP contribution in [0.4, 0.5) is 0 Å². The molecule has 3 nitrogen and oxygen atoms in total. The van der Waals surface area contributed by atoms with Crippen molar-refractivity contribution in [1.82, 2.24) is 9.88 Å². The number of aryl methyl sites for hydroxylation is 1. The zero-order valence-electron chi connectivity index (χ0n) is 18.5. The minimum atomic E-state index is 0.0734. The SMILES string of the molecule is O=C(c1cccc(CCC2CC=Cc3ccccc32)n1)N1CCC(c2ccccc2)CC1. The van der Waals surface area contributed by atoms with Crippen LogP contribution < -0.4 is 0 Å². The number of aromatic nitrogens is 1. The van der Waals surface area contributed by atoms with Gasteiger partial charge in [-0.25, -0.2) is 4.98 Å². The molecule has 2 aliphatic rings. The summed E-state index contributed by atoms with van der Waals surface area (Å²) >= 11 is 0. The van der Waals surface area contributed by atoms with Crippen LogP contribution in [0.15, 0.2) is 78.9 Å². The number of carbonyl (C=O) groups is 1. The van der Waals surface area contributed by atoms with Crippen LogP contribution in [0, 0.1) is 0 Å². The summed E-state index contributed by atoms with van der Waals surface area (Å²) in [6, 6.07) is 25.2. The van der Waals surface area contributed by atoms with Crippen molar-refractivity contribution in [3.8, 4) is 0 Å². The van der Waals surface area contributed by atoms with Gasteiger partial charge in [0.15, 0.2) is 0 Å². The molecular weight excluding hydrogens is 392 g/mol. The third-order valence-corrected chi connectivity index (χ3v) is 6.98. The summed E-state index contributed by atoms with van der Waals surface area (Å²) in [7, 11) is 0. The van der Waals surface area contributed by atoms with Gasteiger partial charge in [0.2, 0.25) is 0 Å². The third-order valence-electron chi connectivity index (χ3n) is 6.98. The van der Waals surface area contributed by atoms with Crippen molar-refractivity contribution in [3.63, 3.8) is 0 Å². The lowest BCUT2D eigenvalue weighted by molar-refractivity contribution is 0.0706. The minimum absolute atomic E-state index is 0.0734. The Morgan fingerprint density at radius 1 is 0.906 bits per heavy atom. The van der Waals surface area contributed by atoms with Crippen molar-refractivity contribution in [2.75, 3.05) is 13.1 Å². The van der Waals surface area contributed by atoms with E-state index >= 15 is 0 Å². The first-order valence-electron chi connectivity index (χ1n) is 11.8. The molecule has 0 radical (unpaired) electrons. The summed E-state index contributed by atoms with van der Waals surface area (Å²) in [6.07, 6.45) is 9.56. The highest BCUT2D eigenvalue weighted by molar-refractivity contribution is 5.92. The minimum Gasteiger partial charge on any atom is -0.337 e. The Balaban J connectivity index is 1.20. The quantitative estimate of drug-likeness (QED) is 0.488. The number of benzene rings is 2. The molecule has 1 aromatic heterocycles. The van der Waals surface area contributed by atoms with Crippen molar-refractivity contribution in [2.45, 2.75) is 43.9 Å². The van der Waals surface area contributed by atoms with Crippen molar-refractivity contribution in [2.24, 2.45) is 0 Å². The number of allylic oxidation sites excluding steroid dienone is 1. The molecule has 1 aliphatic carbocycles. The standard InChI is InChI=1S/C29H30N2O/c32-29(31-20-18-23(19-21-31)22-8-2-1-3-9-22)28-15-7-13-26(30-28)17-16-25-12-6-11-24-10-4-5-14-27(24)25/h1-11,13-15,23,25H,12,16-21H2.